The van der Waals surface area contributed by atoms with Gasteiger partial charge in [0.1, 0.15) is 11.3 Å². The number of Topliss-reactive ketones (excluding diaryl/α,β-unsaturated/α-hetero) is 1. The third kappa shape index (κ3) is 1.91. The Labute approximate surface area is 102 Å². The minimum atomic E-state index is -0.579. The molecule has 4 nitrogen and oxygen atoms in total. The standard InChI is InChI=1S/C12H10ClNO3/c1-2-9(15)10-11(16)7-5-6(13)3-4-8(7)14-12(10)17/h3-5H,2H2,1H3,(H2,14,16,17). The summed E-state index contributed by atoms with van der Waals surface area (Å²) >= 11 is 5.81. The van der Waals surface area contributed by atoms with Crippen LogP contribution in [0.2, 0.25) is 5.02 Å². The largest absolute Gasteiger partial charge is 0.506 e. The maximum Gasteiger partial charge on any atom is 0.263 e. The molecule has 0 radical (unpaired) electrons. The fraction of sp³-hybridized carbons (Fsp3) is 0.167. The Morgan fingerprint density at radius 2 is 2.18 bits per heavy atom. The molecule has 0 bridgehead atoms. The number of aromatic amines is 1. The number of hydrogen-bond acceptors (Lipinski definition) is 3. The van der Waals surface area contributed by atoms with Crippen LogP contribution in [0.1, 0.15) is 23.7 Å². The Hall–Kier alpha value is -1.81. The lowest BCUT2D eigenvalue weighted by Crippen LogP contribution is -2.17. The topological polar surface area (TPSA) is 70.2 Å². The van der Waals surface area contributed by atoms with Crippen molar-refractivity contribution in [2.24, 2.45) is 0 Å². The molecule has 0 aliphatic rings. The van der Waals surface area contributed by atoms with Gasteiger partial charge < -0.3 is 10.1 Å². The zero-order valence-electron chi connectivity index (χ0n) is 9.08. The first kappa shape index (κ1) is 11.7. The van der Waals surface area contributed by atoms with Gasteiger partial charge in [-0.25, -0.2) is 0 Å². The minimum Gasteiger partial charge on any atom is -0.506 e. The molecule has 2 N–H and O–H groups in total. The highest BCUT2D eigenvalue weighted by molar-refractivity contribution is 6.31. The Bertz CT molecular complexity index is 661. The van der Waals surface area contributed by atoms with Crippen molar-refractivity contribution in [2.75, 3.05) is 0 Å². The summed E-state index contributed by atoms with van der Waals surface area (Å²) in [5.74, 6) is -0.705. The number of pyridine rings is 1. The highest BCUT2D eigenvalue weighted by Gasteiger charge is 2.17. The molecule has 1 aromatic heterocycles. The number of rotatable bonds is 2. The van der Waals surface area contributed by atoms with Gasteiger partial charge in [-0.3, -0.25) is 9.59 Å². The molecular weight excluding hydrogens is 242 g/mol. The molecular formula is C12H10ClNO3. The van der Waals surface area contributed by atoms with Crippen LogP contribution in [0.3, 0.4) is 0 Å². The average molecular weight is 252 g/mol. The van der Waals surface area contributed by atoms with Gasteiger partial charge in [0.15, 0.2) is 5.78 Å². The van der Waals surface area contributed by atoms with E-state index in [1.165, 1.54) is 6.07 Å². The van der Waals surface area contributed by atoms with Gasteiger partial charge in [0.2, 0.25) is 0 Å². The van der Waals surface area contributed by atoms with E-state index in [9.17, 15) is 14.7 Å². The van der Waals surface area contributed by atoms with Crippen LogP contribution in [0.25, 0.3) is 10.9 Å². The van der Waals surface area contributed by atoms with Gasteiger partial charge in [-0.1, -0.05) is 18.5 Å². The van der Waals surface area contributed by atoms with E-state index in [1.807, 2.05) is 0 Å². The summed E-state index contributed by atoms with van der Waals surface area (Å²) in [5.41, 5.74) is -0.337. The van der Waals surface area contributed by atoms with Crippen LogP contribution in [0.15, 0.2) is 23.0 Å². The fourth-order valence-electron chi connectivity index (χ4n) is 1.68. The first-order chi connectivity index (χ1) is 8.04. The maximum absolute atomic E-state index is 11.7. The number of nitrogens with one attached hydrogen (secondary N) is 1. The number of carbonyl (C=O) groups is 1. The number of ketones is 1. The first-order valence-corrected chi connectivity index (χ1v) is 5.50. The molecule has 0 aliphatic heterocycles. The second-order valence-corrected chi connectivity index (χ2v) is 4.08. The van der Waals surface area contributed by atoms with Crippen molar-refractivity contribution in [3.8, 4) is 5.75 Å². The lowest BCUT2D eigenvalue weighted by molar-refractivity contribution is 0.0984. The summed E-state index contributed by atoms with van der Waals surface area (Å²) in [7, 11) is 0. The SMILES string of the molecule is CCC(=O)c1c(O)c2cc(Cl)ccc2[nH]c1=O. The number of benzene rings is 1. The van der Waals surface area contributed by atoms with Crippen molar-refractivity contribution in [1.82, 2.24) is 4.98 Å². The van der Waals surface area contributed by atoms with Crippen molar-refractivity contribution in [3.05, 3.63) is 39.1 Å². The van der Waals surface area contributed by atoms with E-state index in [2.05, 4.69) is 4.98 Å². The van der Waals surface area contributed by atoms with E-state index in [0.29, 0.717) is 15.9 Å². The molecule has 0 spiro atoms. The molecule has 0 atom stereocenters. The Balaban J connectivity index is 2.87. The second-order valence-electron chi connectivity index (χ2n) is 3.64. The average Bonchev–Trinajstić information content (AvgIpc) is 2.30. The molecule has 2 aromatic rings. The number of aromatic nitrogens is 1. The quantitative estimate of drug-likeness (QED) is 0.806. The number of hydrogen-bond donors (Lipinski definition) is 2. The predicted molar refractivity (Wildman–Crippen MR) is 65.9 cm³/mol. The van der Waals surface area contributed by atoms with Crippen molar-refractivity contribution < 1.29 is 9.90 Å². The van der Waals surface area contributed by atoms with E-state index < -0.39 is 11.3 Å². The number of H-pyrrole nitrogens is 1. The highest BCUT2D eigenvalue weighted by atomic mass is 35.5. The third-order valence-corrected chi connectivity index (χ3v) is 2.78. The van der Waals surface area contributed by atoms with Crippen molar-refractivity contribution >= 4 is 28.3 Å². The van der Waals surface area contributed by atoms with Gasteiger partial charge in [0.25, 0.3) is 5.56 Å². The van der Waals surface area contributed by atoms with Gasteiger partial charge in [0.05, 0.1) is 5.52 Å². The number of halogens is 1. The molecule has 0 fully saturated rings. The normalized spacial score (nSPS) is 10.7. The smallest absolute Gasteiger partial charge is 0.263 e. The van der Waals surface area contributed by atoms with Gasteiger partial charge in [-0.05, 0) is 18.2 Å². The van der Waals surface area contributed by atoms with Crippen molar-refractivity contribution in [1.29, 1.82) is 0 Å². The van der Waals surface area contributed by atoms with E-state index in [0.717, 1.165) is 0 Å². The summed E-state index contributed by atoms with van der Waals surface area (Å²) in [4.78, 5) is 25.8. The molecule has 1 heterocycles. The third-order valence-electron chi connectivity index (χ3n) is 2.55. The van der Waals surface area contributed by atoms with Crippen LogP contribution in [0, 0.1) is 0 Å². The zero-order valence-corrected chi connectivity index (χ0v) is 9.84. The molecule has 88 valence electrons. The molecule has 0 amide bonds. The molecule has 0 aliphatic carbocycles. The Morgan fingerprint density at radius 1 is 1.47 bits per heavy atom. The number of aromatic hydroxyl groups is 1. The molecule has 0 unspecified atom stereocenters. The van der Waals surface area contributed by atoms with Crippen LogP contribution in [0.5, 0.6) is 5.75 Å². The first-order valence-electron chi connectivity index (χ1n) is 5.12. The zero-order chi connectivity index (χ0) is 12.6. The van der Waals surface area contributed by atoms with Gasteiger partial charge in [-0.2, -0.15) is 0 Å². The second kappa shape index (κ2) is 4.22. The van der Waals surface area contributed by atoms with Crippen molar-refractivity contribution in [2.45, 2.75) is 13.3 Å². The molecule has 5 heteroatoms. The van der Waals surface area contributed by atoms with E-state index >= 15 is 0 Å². The van der Waals surface area contributed by atoms with E-state index in [4.69, 9.17) is 11.6 Å². The minimum absolute atomic E-state index is 0.155. The fourth-order valence-corrected chi connectivity index (χ4v) is 1.86. The Morgan fingerprint density at radius 3 is 2.82 bits per heavy atom. The van der Waals surface area contributed by atoms with Crippen LogP contribution in [-0.2, 0) is 0 Å². The highest BCUT2D eigenvalue weighted by Crippen LogP contribution is 2.27. The molecule has 2 rings (SSSR count). The summed E-state index contributed by atoms with van der Waals surface area (Å²) < 4.78 is 0. The summed E-state index contributed by atoms with van der Waals surface area (Å²) in [6.45, 7) is 1.63. The summed E-state index contributed by atoms with van der Waals surface area (Å²) in [6, 6.07) is 4.69. The molecule has 0 saturated heterocycles. The molecule has 0 saturated carbocycles. The monoisotopic (exact) mass is 251 g/mol. The van der Waals surface area contributed by atoms with E-state index in [-0.39, 0.29) is 17.7 Å². The number of carbonyl (C=O) groups excluding carboxylic acids is 1. The number of fused-ring (bicyclic) bond motifs is 1. The van der Waals surface area contributed by atoms with Gasteiger partial charge in [-0.15, -0.1) is 0 Å². The lowest BCUT2D eigenvalue weighted by atomic mass is 10.1. The van der Waals surface area contributed by atoms with Crippen LogP contribution in [-0.4, -0.2) is 15.9 Å². The Kier molecular flexibility index (Phi) is 2.90. The van der Waals surface area contributed by atoms with Crippen LogP contribution < -0.4 is 5.56 Å². The van der Waals surface area contributed by atoms with Gasteiger partial charge in [0, 0.05) is 16.8 Å². The molecule has 17 heavy (non-hydrogen) atoms. The lowest BCUT2D eigenvalue weighted by Gasteiger charge is -2.06. The van der Waals surface area contributed by atoms with Crippen LogP contribution >= 0.6 is 11.6 Å². The summed E-state index contributed by atoms with van der Waals surface area (Å²) in [5, 5.41) is 10.8. The van der Waals surface area contributed by atoms with E-state index in [1.54, 1.807) is 19.1 Å². The van der Waals surface area contributed by atoms with Crippen LogP contribution in [0.4, 0.5) is 0 Å². The molecule has 1 aromatic carbocycles. The summed E-state index contributed by atoms with van der Waals surface area (Å²) in [6.07, 6.45) is 0.155. The maximum atomic E-state index is 11.7. The van der Waals surface area contributed by atoms with Gasteiger partial charge >= 0.3 is 0 Å². The predicted octanol–water partition coefficient (Wildman–Crippen LogP) is 2.48. The van der Waals surface area contributed by atoms with Crippen molar-refractivity contribution in [3.63, 3.8) is 0 Å².